The number of hydrogen-bond donors (Lipinski definition) is 1. The van der Waals surface area contributed by atoms with E-state index in [9.17, 15) is 4.79 Å². The van der Waals surface area contributed by atoms with Crippen LogP contribution in [-0.2, 0) is 22.5 Å². The van der Waals surface area contributed by atoms with Crippen LogP contribution in [0.15, 0.2) is 34.7 Å². The van der Waals surface area contributed by atoms with Gasteiger partial charge in [0.15, 0.2) is 0 Å². The Bertz CT molecular complexity index is 909. The standard InChI is InChI=1S/C19H22N4O3/c1-2-18-21-22-19(26-18)16-10-13-6-3-4-8-15(13)23(16)12-17(24)20-11-14-7-5-9-25-14/h3-4,6,8,10,14H,2,5,7,9,11-12H2,1H3,(H,20,24)/t14-/m1/s1. The van der Waals surface area contributed by atoms with E-state index in [0.29, 0.717) is 24.7 Å². The number of aryl methyl sites for hydroxylation is 1. The van der Waals surface area contributed by atoms with Gasteiger partial charge in [-0.05, 0) is 25.0 Å². The van der Waals surface area contributed by atoms with Crippen molar-refractivity contribution in [3.63, 3.8) is 0 Å². The molecule has 3 heterocycles. The van der Waals surface area contributed by atoms with Crippen LogP contribution < -0.4 is 5.32 Å². The molecule has 4 rings (SSSR count). The summed E-state index contributed by atoms with van der Waals surface area (Å²) in [6, 6.07) is 9.91. The lowest BCUT2D eigenvalue weighted by molar-refractivity contribution is -0.122. The number of aromatic nitrogens is 3. The number of nitrogens with zero attached hydrogens (tertiary/aromatic N) is 3. The second-order valence-electron chi connectivity index (χ2n) is 6.47. The molecule has 3 aromatic rings. The Balaban J connectivity index is 1.59. The van der Waals surface area contributed by atoms with Crippen molar-refractivity contribution < 1.29 is 13.9 Å². The lowest BCUT2D eigenvalue weighted by Gasteiger charge is -2.12. The van der Waals surface area contributed by atoms with Gasteiger partial charge in [0, 0.05) is 30.5 Å². The summed E-state index contributed by atoms with van der Waals surface area (Å²) in [5, 5.41) is 12.2. The molecule has 1 N–H and O–H groups in total. The molecule has 26 heavy (non-hydrogen) atoms. The van der Waals surface area contributed by atoms with Crippen molar-refractivity contribution in [2.24, 2.45) is 0 Å². The predicted octanol–water partition coefficient (Wildman–Crippen LogP) is 2.55. The molecular weight excluding hydrogens is 332 g/mol. The molecule has 1 aliphatic rings. The van der Waals surface area contributed by atoms with E-state index in [1.54, 1.807) is 0 Å². The lowest BCUT2D eigenvalue weighted by Crippen LogP contribution is -2.34. The Kier molecular flexibility index (Phi) is 4.71. The third-order valence-corrected chi connectivity index (χ3v) is 4.65. The second-order valence-corrected chi connectivity index (χ2v) is 6.47. The molecule has 0 saturated carbocycles. The van der Waals surface area contributed by atoms with E-state index in [1.807, 2.05) is 41.8 Å². The van der Waals surface area contributed by atoms with Crippen molar-refractivity contribution in [1.82, 2.24) is 20.1 Å². The highest BCUT2D eigenvalue weighted by atomic mass is 16.5. The van der Waals surface area contributed by atoms with E-state index in [2.05, 4.69) is 15.5 Å². The third kappa shape index (κ3) is 3.35. The first-order valence-electron chi connectivity index (χ1n) is 9.04. The minimum atomic E-state index is -0.0571. The molecule has 1 fully saturated rings. The fraction of sp³-hybridized carbons (Fsp3) is 0.421. The van der Waals surface area contributed by atoms with E-state index < -0.39 is 0 Å². The van der Waals surface area contributed by atoms with Crippen molar-refractivity contribution in [1.29, 1.82) is 0 Å². The molecular formula is C19H22N4O3. The zero-order valence-corrected chi connectivity index (χ0v) is 14.8. The van der Waals surface area contributed by atoms with Crippen molar-refractivity contribution in [2.75, 3.05) is 13.2 Å². The average Bonchev–Trinajstić information content (AvgIpc) is 3.40. The molecule has 0 spiro atoms. The van der Waals surface area contributed by atoms with E-state index in [-0.39, 0.29) is 18.6 Å². The molecule has 1 amide bonds. The fourth-order valence-electron chi connectivity index (χ4n) is 3.29. The highest BCUT2D eigenvalue weighted by Gasteiger charge is 2.19. The van der Waals surface area contributed by atoms with Gasteiger partial charge in [0.05, 0.1) is 6.10 Å². The number of carbonyl (C=O) groups excluding carboxylic acids is 1. The minimum absolute atomic E-state index is 0.0571. The van der Waals surface area contributed by atoms with Gasteiger partial charge in [-0.1, -0.05) is 25.1 Å². The average molecular weight is 354 g/mol. The van der Waals surface area contributed by atoms with Crippen LogP contribution in [0.4, 0.5) is 0 Å². The fourth-order valence-corrected chi connectivity index (χ4v) is 3.29. The van der Waals surface area contributed by atoms with Gasteiger partial charge >= 0.3 is 0 Å². The number of para-hydroxylation sites is 1. The lowest BCUT2D eigenvalue weighted by atomic mass is 10.2. The summed E-state index contributed by atoms with van der Waals surface area (Å²) in [6.07, 6.45) is 2.86. The first-order valence-corrected chi connectivity index (χ1v) is 9.04. The largest absolute Gasteiger partial charge is 0.419 e. The monoisotopic (exact) mass is 354 g/mol. The van der Waals surface area contributed by atoms with E-state index >= 15 is 0 Å². The highest BCUT2D eigenvalue weighted by Crippen LogP contribution is 2.27. The number of ether oxygens (including phenoxy) is 1. The van der Waals surface area contributed by atoms with Gasteiger partial charge in [0.2, 0.25) is 11.8 Å². The summed E-state index contributed by atoms with van der Waals surface area (Å²) in [5.41, 5.74) is 1.72. The number of amides is 1. The van der Waals surface area contributed by atoms with Gasteiger partial charge in [0.1, 0.15) is 12.2 Å². The summed E-state index contributed by atoms with van der Waals surface area (Å²) >= 11 is 0. The molecule has 136 valence electrons. The van der Waals surface area contributed by atoms with Gasteiger partial charge in [-0.25, -0.2) is 0 Å². The Morgan fingerprint density at radius 2 is 2.23 bits per heavy atom. The summed E-state index contributed by atoms with van der Waals surface area (Å²) < 4.78 is 13.2. The number of nitrogens with one attached hydrogen (secondary N) is 1. The number of benzene rings is 1. The maximum Gasteiger partial charge on any atom is 0.264 e. The first kappa shape index (κ1) is 16.8. The van der Waals surface area contributed by atoms with Gasteiger partial charge in [-0.15, -0.1) is 10.2 Å². The van der Waals surface area contributed by atoms with Crippen LogP contribution in [0.3, 0.4) is 0 Å². The first-order chi connectivity index (χ1) is 12.7. The summed E-state index contributed by atoms with van der Waals surface area (Å²) in [5.74, 6) is 0.961. The molecule has 1 saturated heterocycles. The molecule has 1 aliphatic heterocycles. The van der Waals surface area contributed by atoms with Crippen LogP contribution in [0.5, 0.6) is 0 Å². The van der Waals surface area contributed by atoms with E-state index in [0.717, 1.165) is 36.0 Å². The number of hydrogen-bond acceptors (Lipinski definition) is 5. The normalized spacial score (nSPS) is 17.0. The Morgan fingerprint density at radius 1 is 1.35 bits per heavy atom. The summed E-state index contributed by atoms with van der Waals surface area (Å²) in [4.78, 5) is 12.5. The van der Waals surface area contributed by atoms with Gasteiger partial charge in [0.25, 0.3) is 5.89 Å². The smallest absolute Gasteiger partial charge is 0.264 e. The van der Waals surface area contributed by atoms with Gasteiger partial charge in [-0.3, -0.25) is 4.79 Å². The van der Waals surface area contributed by atoms with Crippen molar-refractivity contribution in [2.45, 2.75) is 38.8 Å². The number of carbonyl (C=O) groups is 1. The molecule has 2 aromatic heterocycles. The molecule has 7 heteroatoms. The minimum Gasteiger partial charge on any atom is -0.419 e. The van der Waals surface area contributed by atoms with Crippen LogP contribution >= 0.6 is 0 Å². The highest BCUT2D eigenvalue weighted by molar-refractivity contribution is 5.88. The maximum atomic E-state index is 12.5. The van der Waals surface area contributed by atoms with Crippen LogP contribution in [-0.4, -0.2) is 39.9 Å². The predicted molar refractivity (Wildman–Crippen MR) is 96.6 cm³/mol. The molecule has 0 aliphatic carbocycles. The number of rotatable bonds is 6. The van der Waals surface area contributed by atoms with E-state index in [4.69, 9.17) is 9.15 Å². The van der Waals surface area contributed by atoms with Crippen LogP contribution in [0.25, 0.3) is 22.5 Å². The Labute approximate surface area is 151 Å². The molecule has 0 unspecified atom stereocenters. The number of fused-ring (bicyclic) bond motifs is 1. The topological polar surface area (TPSA) is 82.2 Å². The molecule has 1 aromatic carbocycles. The van der Waals surface area contributed by atoms with Crippen LogP contribution in [0.1, 0.15) is 25.7 Å². The zero-order valence-electron chi connectivity index (χ0n) is 14.8. The zero-order chi connectivity index (χ0) is 17.9. The van der Waals surface area contributed by atoms with Crippen LogP contribution in [0, 0.1) is 0 Å². The van der Waals surface area contributed by atoms with Crippen molar-refractivity contribution in [3.8, 4) is 11.6 Å². The third-order valence-electron chi connectivity index (χ3n) is 4.65. The van der Waals surface area contributed by atoms with Crippen LogP contribution in [0.2, 0.25) is 0 Å². The molecule has 0 radical (unpaired) electrons. The van der Waals surface area contributed by atoms with Crippen molar-refractivity contribution in [3.05, 3.63) is 36.2 Å². The summed E-state index contributed by atoms with van der Waals surface area (Å²) in [6.45, 7) is 3.49. The molecule has 0 bridgehead atoms. The Hall–Kier alpha value is -2.67. The molecule has 1 atom stereocenters. The Morgan fingerprint density at radius 3 is 3.00 bits per heavy atom. The van der Waals surface area contributed by atoms with E-state index in [1.165, 1.54) is 0 Å². The maximum absolute atomic E-state index is 12.5. The quantitative estimate of drug-likeness (QED) is 0.736. The second kappa shape index (κ2) is 7.29. The summed E-state index contributed by atoms with van der Waals surface area (Å²) in [7, 11) is 0. The van der Waals surface area contributed by atoms with Gasteiger partial charge in [-0.2, -0.15) is 0 Å². The molecule has 7 nitrogen and oxygen atoms in total. The van der Waals surface area contributed by atoms with Gasteiger partial charge < -0.3 is 19.0 Å². The van der Waals surface area contributed by atoms with Crippen molar-refractivity contribution >= 4 is 16.8 Å². The SMILES string of the molecule is CCc1nnc(-c2cc3ccccc3n2CC(=O)NC[C@H]2CCCO2)o1.